The number of rotatable bonds is 13. The minimum atomic E-state index is -1.15. The van der Waals surface area contributed by atoms with Crippen LogP contribution >= 0.6 is 0 Å². The van der Waals surface area contributed by atoms with Gasteiger partial charge in [0.25, 0.3) is 0 Å². The van der Waals surface area contributed by atoms with E-state index in [1.807, 2.05) is 20.8 Å². The Balaban J connectivity index is 1.79. The van der Waals surface area contributed by atoms with Gasteiger partial charge in [0.05, 0.1) is 24.3 Å². The number of benzene rings is 2. The average molecular weight is 510 g/mol. The number of carbonyl (C=O) groups excluding carboxylic acids is 1. The summed E-state index contributed by atoms with van der Waals surface area (Å²) in [5.74, 6) is -0.199. The van der Waals surface area contributed by atoms with Gasteiger partial charge in [-0.3, -0.25) is 9.59 Å². The highest BCUT2D eigenvalue weighted by Crippen LogP contribution is 2.33. The van der Waals surface area contributed by atoms with Crippen molar-refractivity contribution < 1.29 is 29.3 Å². The lowest BCUT2D eigenvalue weighted by atomic mass is 10.0. The zero-order valence-electron chi connectivity index (χ0n) is 21.9. The smallest absolute Gasteiger partial charge is 0.352 e. The third-order valence-corrected chi connectivity index (χ3v) is 6.27. The number of fused-ring (bicyclic) bond motifs is 1. The molecule has 0 aliphatic rings. The molecule has 2 N–H and O–H groups in total. The molecule has 2 aromatic carbocycles. The lowest BCUT2D eigenvalue weighted by molar-refractivity contribution is 0.0684. The quantitative estimate of drug-likeness (QED) is 0.235. The molecule has 0 fully saturated rings. The van der Waals surface area contributed by atoms with Gasteiger partial charge in [-0.05, 0) is 50.5 Å². The van der Waals surface area contributed by atoms with Crippen molar-refractivity contribution in [3.05, 3.63) is 62.9 Å². The first-order valence-electron chi connectivity index (χ1n) is 12.8. The Morgan fingerprint density at radius 2 is 1.62 bits per heavy atom. The number of hydrogen-bond donors (Lipinski definition) is 2. The van der Waals surface area contributed by atoms with E-state index in [-0.39, 0.29) is 28.2 Å². The lowest BCUT2D eigenvalue weighted by Crippen LogP contribution is -2.18. The molecule has 37 heavy (non-hydrogen) atoms. The highest BCUT2D eigenvalue weighted by Gasteiger charge is 2.18. The number of ketones is 1. The largest absolute Gasteiger partial charge is 0.507 e. The first kappa shape index (κ1) is 27.8. The van der Waals surface area contributed by atoms with Crippen molar-refractivity contribution in [2.75, 3.05) is 13.2 Å². The van der Waals surface area contributed by atoms with Crippen molar-refractivity contribution in [1.82, 2.24) is 4.57 Å². The molecule has 0 saturated carbocycles. The van der Waals surface area contributed by atoms with Crippen LogP contribution in [0.15, 0.2) is 35.1 Å². The van der Waals surface area contributed by atoms with Crippen LogP contribution in [0.25, 0.3) is 10.9 Å². The average Bonchev–Trinajstić information content (AvgIpc) is 2.86. The van der Waals surface area contributed by atoms with Gasteiger partial charge in [-0.15, -0.1) is 0 Å². The van der Waals surface area contributed by atoms with Gasteiger partial charge < -0.3 is 24.3 Å². The Bertz CT molecular complexity index is 1360. The molecular formula is C29H35NO7. The van der Waals surface area contributed by atoms with Crippen LogP contribution in [0, 0.1) is 0 Å². The summed E-state index contributed by atoms with van der Waals surface area (Å²) in [6.45, 7) is 8.38. The number of pyridine rings is 1. The molecule has 198 valence electrons. The maximum atomic E-state index is 12.7. The molecule has 0 aliphatic carbocycles. The van der Waals surface area contributed by atoms with Gasteiger partial charge in [0.2, 0.25) is 0 Å². The molecule has 0 amide bonds. The summed E-state index contributed by atoms with van der Waals surface area (Å²) in [7, 11) is 0. The Kier molecular flexibility index (Phi) is 9.33. The monoisotopic (exact) mass is 509 g/mol. The van der Waals surface area contributed by atoms with Gasteiger partial charge in [-0.25, -0.2) is 4.79 Å². The molecule has 0 atom stereocenters. The summed E-state index contributed by atoms with van der Waals surface area (Å²) in [5.41, 5.74) is 1.97. The van der Waals surface area contributed by atoms with E-state index in [1.165, 1.54) is 13.0 Å². The summed E-state index contributed by atoms with van der Waals surface area (Å²) >= 11 is 0. The number of nitrogens with zero attached hydrogens (tertiary/aromatic N) is 1. The van der Waals surface area contributed by atoms with Crippen LogP contribution in [0.5, 0.6) is 17.2 Å². The summed E-state index contributed by atoms with van der Waals surface area (Å²) in [6, 6.07) is 8.04. The molecular weight excluding hydrogens is 474 g/mol. The Morgan fingerprint density at radius 1 is 0.946 bits per heavy atom. The van der Waals surface area contributed by atoms with E-state index in [9.17, 15) is 24.6 Å². The second kappa shape index (κ2) is 12.4. The molecule has 1 aromatic heterocycles. The number of carboxylic acids is 1. The normalized spacial score (nSPS) is 11.0. The minimum Gasteiger partial charge on any atom is -0.507 e. The SMILES string of the molecule is CCCc1cc2c(=O)cc(C(=O)O)n(CC)c2cc1OCCCOc1ccc(C(C)=O)c(O)c1CCC. The van der Waals surface area contributed by atoms with Crippen molar-refractivity contribution in [2.45, 2.75) is 66.3 Å². The van der Waals surface area contributed by atoms with Crippen molar-refractivity contribution in [3.8, 4) is 17.2 Å². The summed E-state index contributed by atoms with van der Waals surface area (Å²) in [5, 5.41) is 20.6. The standard InChI is InChI=1S/C29H35NO7/c1-5-9-19-15-22-23(30(7-3)24(29(34)35)16-25(22)32)17-27(19)37-14-8-13-36-26-12-11-20(18(4)31)28(33)21(26)10-6-2/h11-12,15-17,33H,5-10,13-14H2,1-4H3,(H,34,35). The first-order chi connectivity index (χ1) is 17.7. The van der Waals surface area contributed by atoms with Crippen LogP contribution in [0.3, 0.4) is 0 Å². The molecule has 0 spiro atoms. The zero-order valence-corrected chi connectivity index (χ0v) is 21.9. The highest BCUT2D eigenvalue weighted by molar-refractivity contribution is 5.97. The van der Waals surface area contributed by atoms with E-state index in [2.05, 4.69) is 0 Å². The Labute approximate surface area is 216 Å². The van der Waals surface area contributed by atoms with Crippen LogP contribution in [0.2, 0.25) is 0 Å². The van der Waals surface area contributed by atoms with Gasteiger partial charge in [0.15, 0.2) is 11.2 Å². The topological polar surface area (TPSA) is 115 Å². The van der Waals surface area contributed by atoms with E-state index in [0.29, 0.717) is 60.6 Å². The number of aryl methyl sites for hydroxylation is 2. The second-order valence-corrected chi connectivity index (χ2v) is 8.97. The van der Waals surface area contributed by atoms with Crippen LogP contribution < -0.4 is 14.9 Å². The van der Waals surface area contributed by atoms with Crippen LogP contribution in [0.1, 0.15) is 78.9 Å². The Morgan fingerprint density at radius 3 is 2.22 bits per heavy atom. The number of hydrogen-bond acceptors (Lipinski definition) is 6. The zero-order chi connectivity index (χ0) is 27.1. The fraction of sp³-hybridized carbons (Fsp3) is 0.414. The lowest BCUT2D eigenvalue weighted by Gasteiger charge is -2.17. The van der Waals surface area contributed by atoms with Crippen molar-refractivity contribution in [2.24, 2.45) is 0 Å². The second-order valence-electron chi connectivity index (χ2n) is 8.97. The number of phenols is 1. The summed E-state index contributed by atoms with van der Waals surface area (Å²) in [4.78, 5) is 36.1. The van der Waals surface area contributed by atoms with E-state index in [1.54, 1.807) is 28.8 Å². The molecule has 3 aromatic rings. The molecule has 3 rings (SSSR count). The minimum absolute atomic E-state index is 0.0221. The van der Waals surface area contributed by atoms with E-state index < -0.39 is 5.97 Å². The number of carboxylic acid groups (broad SMARTS) is 1. The third kappa shape index (κ3) is 6.13. The summed E-state index contributed by atoms with van der Waals surface area (Å²) in [6.07, 6.45) is 3.52. The predicted octanol–water partition coefficient (Wildman–Crippen LogP) is 5.38. The molecule has 0 unspecified atom stereocenters. The van der Waals surface area contributed by atoms with Gasteiger partial charge in [0.1, 0.15) is 22.9 Å². The highest BCUT2D eigenvalue weighted by atomic mass is 16.5. The van der Waals surface area contributed by atoms with Crippen LogP contribution in [-0.2, 0) is 19.4 Å². The van der Waals surface area contributed by atoms with Crippen LogP contribution in [-0.4, -0.2) is 39.7 Å². The third-order valence-electron chi connectivity index (χ3n) is 6.27. The number of carbonyl (C=O) groups is 2. The maximum absolute atomic E-state index is 12.7. The molecule has 1 heterocycles. The molecule has 0 radical (unpaired) electrons. The maximum Gasteiger partial charge on any atom is 0.352 e. The van der Waals surface area contributed by atoms with Crippen molar-refractivity contribution in [3.63, 3.8) is 0 Å². The number of ether oxygens (including phenoxy) is 2. The number of phenolic OH excluding ortho intramolecular Hbond substituents is 1. The van der Waals surface area contributed by atoms with Gasteiger partial charge in [-0.2, -0.15) is 0 Å². The molecule has 0 bridgehead atoms. The fourth-order valence-electron chi connectivity index (χ4n) is 4.51. The van der Waals surface area contributed by atoms with Gasteiger partial charge in [-0.1, -0.05) is 26.7 Å². The number of aromatic carboxylic acids is 1. The van der Waals surface area contributed by atoms with E-state index >= 15 is 0 Å². The molecule has 0 aliphatic heterocycles. The first-order valence-corrected chi connectivity index (χ1v) is 12.8. The van der Waals surface area contributed by atoms with E-state index in [4.69, 9.17) is 9.47 Å². The van der Waals surface area contributed by atoms with Crippen molar-refractivity contribution in [1.29, 1.82) is 0 Å². The molecule has 0 saturated heterocycles. The summed E-state index contributed by atoms with van der Waals surface area (Å²) < 4.78 is 13.6. The molecule has 8 heteroatoms. The van der Waals surface area contributed by atoms with E-state index in [0.717, 1.165) is 24.8 Å². The number of aromatic hydroxyl groups is 1. The van der Waals surface area contributed by atoms with Crippen LogP contribution in [0.4, 0.5) is 0 Å². The predicted molar refractivity (Wildman–Crippen MR) is 143 cm³/mol. The Hall–Kier alpha value is -3.81. The fourth-order valence-corrected chi connectivity index (χ4v) is 4.51. The number of Topliss-reactive ketones (excluding diaryl/α,β-unsaturated/α-hetero) is 1. The van der Waals surface area contributed by atoms with Gasteiger partial charge >= 0.3 is 5.97 Å². The van der Waals surface area contributed by atoms with Crippen molar-refractivity contribution >= 4 is 22.7 Å². The van der Waals surface area contributed by atoms with Gasteiger partial charge in [0, 0.05) is 36.0 Å². The number of aromatic nitrogens is 1. The molecule has 8 nitrogen and oxygen atoms in total.